The molecule has 1 aromatic heterocycles. The molecule has 0 bridgehead atoms. The van der Waals surface area contributed by atoms with Gasteiger partial charge in [-0.3, -0.25) is 4.72 Å². The van der Waals surface area contributed by atoms with E-state index in [1.807, 2.05) is 19.9 Å². The fraction of sp³-hybridized carbons (Fsp3) is 0.474. The van der Waals surface area contributed by atoms with Crippen LogP contribution in [-0.2, 0) is 14.8 Å². The summed E-state index contributed by atoms with van der Waals surface area (Å²) >= 11 is 0. The molecule has 2 aliphatic heterocycles. The molecule has 0 aliphatic carbocycles. The number of sulfonamides is 1. The Labute approximate surface area is 170 Å². The molecule has 1 N–H and O–H groups in total. The first kappa shape index (κ1) is 19.7. The number of hydrogen-bond acceptors (Lipinski definition) is 8. The van der Waals surface area contributed by atoms with Gasteiger partial charge < -0.3 is 19.1 Å². The number of ether oxygens (including phenoxy) is 3. The van der Waals surface area contributed by atoms with Crippen LogP contribution in [0.3, 0.4) is 0 Å². The van der Waals surface area contributed by atoms with Crippen LogP contribution in [0, 0.1) is 0 Å². The minimum atomic E-state index is -3.39. The van der Waals surface area contributed by atoms with Gasteiger partial charge in [0.15, 0.2) is 11.6 Å². The van der Waals surface area contributed by atoms with Crippen molar-refractivity contribution in [3.63, 3.8) is 0 Å². The zero-order valence-corrected chi connectivity index (χ0v) is 17.5. The molecule has 2 aromatic rings. The van der Waals surface area contributed by atoms with Gasteiger partial charge >= 0.3 is 0 Å². The summed E-state index contributed by atoms with van der Waals surface area (Å²) in [6.07, 6.45) is 1.11. The quantitative estimate of drug-likeness (QED) is 0.800. The van der Waals surface area contributed by atoms with E-state index in [1.54, 1.807) is 18.2 Å². The smallest absolute Gasteiger partial charge is 0.263 e. The van der Waals surface area contributed by atoms with Gasteiger partial charge in [-0.05, 0) is 26.0 Å². The van der Waals surface area contributed by atoms with Gasteiger partial charge in [0.05, 0.1) is 19.5 Å². The molecule has 4 rings (SSSR count). The zero-order valence-electron chi connectivity index (χ0n) is 16.6. The van der Waals surface area contributed by atoms with Crippen molar-refractivity contribution in [2.24, 2.45) is 0 Å². The number of nitrogens with zero attached hydrogens (tertiary/aromatic N) is 3. The first-order valence-electron chi connectivity index (χ1n) is 9.35. The number of rotatable bonds is 4. The minimum Gasteiger partial charge on any atom is -0.481 e. The minimum absolute atomic E-state index is 0.384. The topological polar surface area (TPSA) is 103 Å². The first-order chi connectivity index (χ1) is 13.7. The van der Waals surface area contributed by atoms with Crippen LogP contribution in [0.25, 0.3) is 11.4 Å². The number of aromatic nitrogens is 2. The van der Waals surface area contributed by atoms with Gasteiger partial charge in [0.25, 0.3) is 5.88 Å². The number of hydrogen-bond donors (Lipinski definition) is 1. The summed E-state index contributed by atoms with van der Waals surface area (Å²) in [5.74, 6) is 2.00. The molecule has 2 aliphatic rings. The molecular weight excluding hydrogens is 396 g/mol. The van der Waals surface area contributed by atoms with E-state index in [2.05, 4.69) is 14.6 Å². The molecule has 0 radical (unpaired) electrons. The fourth-order valence-corrected chi connectivity index (χ4v) is 3.76. The number of morpholine rings is 1. The predicted octanol–water partition coefficient (Wildman–Crippen LogP) is 1.90. The summed E-state index contributed by atoms with van der Waals surface area (Å²) in [4.78, 5) is 11.4. The van der Waals surface area contributed by atoms with Crippen LogP contribution >= 0.6 is 0 Å². The summed E-state index contributed by atoms with van der Waals surface area (Å²) in [7, 11) is -3.39. The standard InChI is InChI=1S/C19H24N4O5S/c1-19(2)12-27-15-17(23-7-9-26-10-8-23)20-16(21-18(15)28-19)13-5-4-6-14(11-13)22-29(3,24)25/h4-6,11,22H,7-10,12H2,1-3H3. The third-order valence-electron chi connectivity index (χ3n) is 4.49. The van der Waals surface area contributed by atoms with Crippen LogP contribution < -0.4 is 19.1 Å². The highest BCUT2D eigenvalue weighted by Crippen LogP contribution is 2.42. The number of benzene rings is 1. The summed E-state index contributed by atoms with van der Waals surface area (Å²) in [6.45, 7) is 6.85. The van der Waals surface area contributed by atoms with E-state index in [-0.39, 0.29) is 0 Å². The highest BCUT2D eigenvalue weighted by Gasteiger charge is 2.34. The van der Waals surface area contributed by atoms with Crippen LogP contribution in [0.4, 0.5) is 11.5 Å². The van der Waals surface area contributed by atoms with Gasteiger partial charge in [-0.15, -0.1) is 0 Å². The van der Waals surface area contributed by atoms with E-state index in [4.69, 9.17) is 19.2 Å². The van der Waals surface area contributed by atoms with Crippen molar-refractivity contribution in [2.75, 3.05) is 48.8 Å². The van der Waals surface area contributed by atoms with E-state index in [0.717, 1.165) is 6.26 Å². The Morgan fingerprint density at radius 2 is 1.93 bits per heavy atom. The second kappa shape index (κ2) is 7.34. The Hall–Kier alpha value is -2.59. The van der Waals surface area contributed by atoms with Gasteiger partial charge in [0.2, 0.25) is 15.8 Å². The lowest BCUT2D eigenvalue weighted by Gasteiger charge is -2.35. The SMILES string of the molecule is CC1(C)COc2c(nc(-c3cccc(NS(C)(=O)=O)c3)nc2N2CCOCC2)O1. The lowest BCUT2D eigenvalue weighted by atomic mass is 10.1. The maximum Gasteiger partial charge on any atom is 0.263 e. The van der Waals surface area contributed by atoms with Gasteiger partial charge in [-0.25, -0.2) is 13.4 Å². The van der Waals surface area contributed by atoms with Crippen molar-refractivity contribution in [3.8, 4) is 23.0 Å². The normalized spacial score (nSPS) is 18.4. The second-order valence-electron chi connectivity index (χ2n) is 7.71. The first-order valence-corrected chi connectivity index (χ1v) is 11.2. The Balaban J connectivity index is 1.79. The van der Waals surface area contributed by atoms with Crippen molar-refractivity contribution in [2.45, 2.75) is 19.4 Å². The molecule has 156 valence electrons. The van der Waals surface area contributed by atoms with E-state index in [0.29, 0.717) is 67.4 Å². The van der Waals surface area contributed by atoms with Crippen LogP contribution in [0.2, 0.25) is 0 Å². The highest BCUT2D eigenvalue weighted by molar-refractivity contribution is 7.92. The van der Waals surface area contributed by atoms with E-state index in [9.17, 15) is 8.42 Å². The summed E-state index contributed by atoms with van der Waals surface area (Å²) in [6, 6.07) is 6.95. The van der Waals surface area contributed by atoms with Crippen molar-refractivity contribution < 1.29 is 22.6 Å². The Morgan fingerprint density at radius 3 is 2.66 bits per heavy atom. The number of fused-ring (bicyclic) bond motifs is 1. The third-order valence-corrected chi connectivity index (χ3v) is 5.09. The number of nitrogens with one attached hydrogen (secondary N) is 1. The molecule has 0 atom stereocenters. The van der Waals surface area contributed by atoms with Crippen LogP contribution in [0.1, 0.15) is 13.8 Å². The largest absolute Gasteiger partial charge is 0.481 e. The molecular formula is C19H24N4O5S. The Morgan fingerprint density at radius 1 is 1.17 bits per heavy atom. The van der Waals surface area contributed by atoms with Crippen molar-refractivity contribution >= 4 is 21.5 Å². The summed E-state index contributed by atoms with van der Waals surface area (Å²) < 4.78 is 43.1. The lowest BCUT2D eigenvalue weighted by Crippen LogP contribution is -2.41. The van der Waals surface area contributed by atoms with Crippen LogP contribution in [-0.4, -0.2) is 63.2 Å². The molecule has 1 aromatic carbocycles. The molecule has 10 heteroatoms. The fourth-order valence-electron chi connectivity index (χ4n) is 3.21. The van der Waals surface area contributed by atoms with Crippen LogP contribution in [0.15, 0.2) is 24.3 Å². The molecule has 0 unspecified atom stereocenters. The third kappa shape index (κ3) is 4.54. The van der Waals surface area contributed by atoms with E-state index in [1.165, 1.54) is 0 Å². The molecule has 9 nitrogen and oxygen atoms in total. The number of anilines is 2. The van der Waals surface area contributed by atoms with Gasteiger partial charge in [-0.2, -0.15) is 4.98 Å². The maximum atomic E-state index is 11.6. The van der Waals surface area contributed by atoms with Crippen molar-refractivity contribution in [1.82, 2.24) is 9.97 Å². The molecule has 3 heterocycles. The van der Waals surface area contributed by atoms with Crippen molar-refractivity contribution in [1.29, 1.82) is 0 Å². The summed E-state index contributed by atoms with van der Waals surface area (Å²) in [5, 5.41) is 0. The average molecular weight is 420 g/mol. The monoisotopic (exact) mass is 420 g/mol. The average Bonchev–Trinajstić information content (AvgIpc) is 2.66. The summed E-state index contributed by atoms with van der Waals surface area (Å²) in [5.41, 5.74) is 0.598. The van der Waals surface area contributed by atoms with E-state index >= 15 is 0 Å². The highest BCUT2D eigenvalue weighted by atomic mass is 32.2. The van der Waals surface area contributed by atoms with Crippen LogP contribution in [0.5, 0.6) is 11.6 Å². The Bertz CT molecular complexity index is 1020. The predicted molar refractivity (Wildman–Crippen MR) is 109 cm³/mol. The molecule has 0 saturated carbocycles. The Kier molecular flexibility index (Phi) is 4.99. The molecule has 1 fully saturated rings. The second-order valence-corrected chi connectivity index (χ2v) is 9.46. The van der Waals surface area contributed by atoms with Gasteiger partial charge in [0.1, 0.15) is 12.2 Å². The van der Waals surface area contributed by atoms with Gasteiger partial charge in [-0.1, -0.05) is 12.1 Å². The maximum absolute atomic E-state index is 11.6. The van der Waals surface area contributed by atoms with Crippen molar-refractivity contribution in [3.05, 3.63) is 24.3 Å². The van der Waals surface area contributed by atoms with Gasteiger partial charge in [0, 0.05) is 24.3 Å². The molecule has 0 amide bonds. The molecule has 29 heavy (non-hydrogen) atoms. The zero-order chi connectivity index (χ0) is 20.6. The molecule has 0 spiro atoms. The molecule has 1 saturated heterocycles. The lowest BCUT2D eigenvalue weighted by molar-refractivity contribution is 0.0160. The van der Waals surface area contributed by atoms with E-state index < -0.39 is 15.6 Å².